The Morgan fingerprint density at radius 1 is 0.625 bits per heavy atom. The van der Waals surface area contributed by atoms with Gasteiger partial charge in [-0.2, -0.15) is 0 Å². The Balaban J connectivity index is 1.45. The second kappa shape index (κ2) is 13.9. The Hall–Kier alpha value is -2.44. The Morgan fingerprint density at radius 3 is 1.75 bits per heavy atom. The molecule has 0 heterocycles. The lowest BCUT2D eigenvalue weighted by Gasteiger charge is -2.28. The molecule has 32 heavy (non-hydrogen) atoms. The zero-order valence-electron chi connectivity index (χ0n) is 20.3. The van der Waals surface area contributed by atoms with E-state index >= 15 is 0 Å². The van der Waals surface area contributed by atoms with Crippen molar-refractivity contribution in [3.63, 3.8) is 0 Å². The average Bonchev–Trinajstić information content (AvgIpc) is 2.85. The van der Waals surface area contributed by atoms with Gasteiger partial charge in [0.25, 0.3) is 0 Å². The van der Waals surface area contributed by atoms with Gasteiger partial charge >= 0.3 is 0 Å². The standard InChI is InChI=1S/C32H40/c1-3-5-6-7-8-9-10-11-12-28-13-15-29(16-14-28)17-18-30-21-25-32(26-22-30)31-23-19-27(4-2)20-24-31/h13-16,21-22,25-27,31H,3-10,19-20,23-24H2,1-2H3. The molecule has 0 amide bonds. The average molecular weight is 425 g/mol. The fourth-order valence-electron chi connectivity index (χ4n) is 4.68. The fraction of sp³-hybridized carbons (Fsp3) is 0.500. The summed E-state index contributed by atoms with van der Waals surface area (Å²) in [5.74, 6) is 14.9. The van der Waals surface area contributed by atoms with E-state index in [1.165, 1.54) is 76.2 Å². The fourth-order valence-corrected chi connectivity index (χ4v) is 4.68. The quantitative estimate of drug-likeness (QED) is 0.293. The van der Waals surface area contributed by atoms with Crippen molar-refractivity contribution in [1.82, 2.24) is 0 Å². The molecular formula is C32H40. The third-order valence-electron chi connectivity index (χ3n) is 6.93. The van der Waals surface area contributed by atoms with Crippen molar-refractivity contribution in [3.8, 4) is 23.7 Å². The van der Waals surface area contributed by atoms with Crippen LogP contribution in [0.4, 0.5) is 0 Å². The number of unbranched alkanes of at least 4 members (excludes halogenated alkanes) is 6. The van der Waals surface area contributed by atoms with E-state index in [4.69, 9.17) is 0 Å². The number of rotatable bonds is 8. The molecule has 0 heteroatoms. The molecule has 0 nitrogen and oxygen atoms in total. The lowest BCUT2D eigenvalue weighted by molar-refractivity contribution is 0.319. The predicted molar refractivity (Wildman–Crippen MR) is 139 cm³/mol. The van der Waals surface area contributed by atoms with E-state index in [9.17, 15) is 0 Å². The van der Waals surface area contributed by atoms with Gasteiger partial charge in [0.15, 0.2) is 0 Å². The summed E-state index contributed by atoms with van der Waals surface area (Å²) in [5.41, 5.74) is 4.73. The smallest absolute Gasteiger partial charge is 0.0249 e. The van der Waals surface area contributed by atoms with Gasteiger partial charge in [0.1, 0.15) is 0 Å². The molecule has 168 valence electrons. The summed E-state index contributed by atoms with van der Waals surface area (Å²) >= 11 is 0. The van der Waals surface area contributed by atoms with Gasteiger partial charge < -0.3 is 0 Å². The highest BCUT2D eigenvalue weighted by molar-refractivity contribution is 5.46. The van der Waals surface area contributed by atoms with Crippen molar-refractivity contribution < 1.29 is 0 Å². The molecule has 0 aliphatic heterocycles. The maximum Gasteiger partial charge on any atom is 0.0249 e. The van der Waals surface area contributed by atoms with Crippen LogP contribution in [0.25, 0.3) is 0 Å². The molecule has 0 saturated heterocycles. The summed E-state index contributed by atoms with van der Waals surface area (Å²) < 4.78 is 0. The van der Waals surface area contributed by atoms with Crippen LogP contribution in [-0.2, 0) is 0 Å². The summed E-state index contributed by atoms with van der Waals surface area (Å²) in [6, 6.07) is 17.3. The van der Waals surface area contributed by atoms with E-state index in [1.807, 2.05) is 0 Å². The second-order valence-electron chi connectivity index (χ2n) is 9.39. The highest BCUT2D eigenvalue weighted by Crippen LogP contribution is 2.36. The van der Waals surface area contributed by atoms with Crippen LogP contribution in [0.1, 0.15) is 119 Å². The van der Waals surface area contributed by atoms with Crippen molar-refractivity contribution in [2.75, 3.05) is 0 Å². The maximum absolute atomic E-state index is 3.32. The van der Waals surface area contributed by atoms with Gasteiger partial charge in [-0.25, -0.2) is 0 Å². The SMILES string of the molecule is CCCCCCCCC#Cc1ccc(C#Cc2ccc(C3CCC(CC)CC3)cc2)cc1. The first-order chi connectivity index (χ1) is 15.8. The Bertz CT molecular complexity index is 900. The number of hydrogen-bond acceptors (Lipinski definition) is 0. The Kier molecular flexibility index (Phi) is 10.5. The van der Waals surface area contributed by atoms with E-state index < -0.39 is 0 Å². The first-order valence-electron chi connectivity index (χ1n) is 13.0. The molecule has 3 rings (SSSR count). The molecule has 1 aliphatic carbocycles. The molecule has 1 saturated carbocycles. The topological polar surface area (TPSA) is 0 Å². The summed E-state index contributed by atoms with van der Waals surface area (Å²) in [6.45, 7) is 4.59. The van der Waals surface area contributed by atoms with Crippen molar-refractivity contribution >= 4 is 0 Å². The summed E-state index contributed by atoms with van der Waals surface area (Å²) in [4.78, 5) is 0. The summed E-state index contributed by atoms with van der Waals surface area (Å²) in [5, 5.41) is 0. The monoisotopic (exact) mass is 424 g/mol. The summed E-state index contributed by atoms with van der Waals surface area (Å²) in [7, 11) is 0. The van der Waals surface area contributed by atoms with Crippen LogP contribution in [0.15, 0.2) is 48.5 Å². The van der Waals surface area contributed by atoms with E-state index in [0.29, 0.717) is 0 Å². The zero-order valence-corrected chi connectivity index (χ0v) is 20.3. The molecule has 2 aromatic carbocycles. The lowest BCUT2D eigenvalue weighted by Crippen LogP contribution is -2.12. The molecule has 0 bridgehead atoms. The van der Waals surface area contributed by atoms with Crippen molar-refractivity contribution in [2.24, 2.45) is 5.92 Å². The molecule has 0 atom stereocenters. The van der Waals surface area contributed by atoms with Gasteiger partial charge in [-0.05, 0) is 85.9 Å². The molecule has 0 unspecified atom stereocenters. The maximum atomic E-state index is 3.32. The molecule has 2 aromatic rings. The molecule has 0 spiro atoms. The highest BCUT2D eigenvalue weighted by atomic mass is 14.3. The largest absolute Gasteiger partial charge is 0.0979 e. The van der Waals surface area contributed by atoms with Crippen LogP contribution in [0.3, 0.4) is 0 Å². The van der Waals surface area contributed by atoms with E-state index in [0.717, 1.165) is 34.9 Å². The Morgan fingerprint density at radius 2 is 1.16 bits per heavy atom. The van der Waals surface area contributed by atoms with Crippen LogP contribution in [0.5, 0.6) is 0 Å². The van der Waals surface area contributed by atoms with E-state index in [1.54, 1.807) is 0 Å². The van der Waals surface area contributed by atoms with Gasteiger partial charge in [-0.1, -0.05) is 88.2 Å². The molecule has 0 aromatic heterocycles. The van der Waals surface area contributed by atoms with Gasteiger partial charge in [-0.3, -0.25) is 0 Å². The minimum atomic E-state index is 0.745. The van der Waals surface area contributed by atoms with Gasteiger partial charge in [0.2, 0.25) is 0 Å². The summed E-state index contributed by atoms with van der Waals surface area (Å²) in [6.07, 6.45) is 15.8. The molecular weight excluding hydrogens is 384 g/mol. The molecule has 0 N–H and O–H groups in total. The predicted octanol–water partition coefficient (Wildman–Crippen LogP) is 8.87. The van der Waals surface area contributed by atoms with Crippen LogP contribution >= 0.6 is 0 Å². The molecule has 0 radical (unpaired) electrons. The van der Waals surface area contributed by atoms with Crippen LogP contribution in [-0.4, -0.2) is 0 Å². The van der Waals surface area contributed by atoms with E-state index in [-0.39, 0.29) is 0 Å². The van der Waals surface area contributed by atoms with Crippen molar-refractivity contribution in [2.45, 2.75) is 96.8 Å². The minimum absolute atomic E-state index is 0.745. The number of benzene rings is 2. The van der Waals surface area contributed by atoms with Crippen molar-refractivity contribution in [3.05, 3.63) is 70.8 Å². The van der Waals surface area contributed by atoms with Gasteiger partial charge in [-0.15, -0.1) is 0 Å². The minimum Gasteiger partial charge on any atom is -0.0979 e. The third-order valence-corrected chi connectivity index (χ3v) is 6.93. The van der Waals surface area contributed by atoms with Gasteiger partial charge in [0.05, 0.1) is 0 Å². The first kappa shape index (κ1) is 24.2. The first-order valence-corrected chi connectivity index (χ1v) is 13.0. The van der Waals surface area contributed by atoms with Crippen molar-refractivity contribution in [1.29, 1.82) is 0 Å². The zero-order chi connectivity index (χ0) is 22.4. The van der Waals surface area contributed by atoms with Crippen LogP contribution in [0.2, 0.25) is 0 Å². The molecule has 1 fully saturated rings. The van der Waals surface area contributed by atoms with Gasteiger partial charge in [0, 0.05) is 23.1 Å². The van der Waals surface area contributed by atoms with Crippen LogP contribution < -0.4 is 0 Å². The Labute approximate surface area is 197 Å². The highest BCUT2D eigenvalue weighted by Gasteiger charge is 2.20. The van der Waals surface area contributed by atoms with E-state index in [2.05, 4.69) is 86.1 Å². The second-order valence-corrected chi connectivity index (χ2v) is 9.39. The lowest BCUT2D eigenvalue weighted by atomic mass is 9.78. The molecule has 1 aliphatic rings. The number of hydrogen-bond donors (Lipinski definition) is 0. The third kappa shape index (κ3) is 8.24. The normalized spacial score (nSPS) is 17.7. The van der Waals surface area contributed by atoms with Crippen LogP contribution in [0, 0.1) is 29.6 Å².